The van der Waals surface area contributed by atoms with Crippen LogP contribution < -0.4 is 0 Å². The number of rotatable bonds is 27. The second-order valence-electron chi connectivity index (χ2n) is 10.4. The van der Waals surface area contributed by atoms with E-state index in [9.17, 15) is 9.59 Å². The fourth-order valence-corrected chi connectivity index (χ4v) is 4.38. The molecular weight excluding hydrogens is 448 g/mol. The van der Waals surface area contributed by atoms with Gasteiger partial charge in [0.2, 0.25) is 0 Å². The van der Waals surface area contributed by atoms with Gasteiger partial charge in [0.05, 0.1) is 6.10 Å². The number of unbranched alkanes of at least 4 members (excludes halogenated alkanes) is 16. The number of carboxylic acids is 1. The molecule has 0 rings (SSSR count). The number of hydrogen-bond donors (Lipinski definition) is 1. The average molecular weight is 507 g/mol. The number of ether oxygens (including phenoxy) is 1. The highest BCUT2D eigenvalue weighted by atomic mass is 16.5. The molecule has 0 heterocycles. The molecule has 0 saturated heterocycles. The van der Waals surface area contributed by atoms with Gasteiger partial charge in [0.15, 0.2) is 0 Å². The Morgan fingerprint density at radius 1 is 0.639 bits per heavy atom. The normalized spacial score (nSPS) is 12.5. The summed E-state index contributed by atoms with van der Waals surface area (Å²) >= 11 is 0. The number of carbonyl (C=O) groups excluding carboxylic acids is 1. The Hall–Kier alpha value is -1.58. The van der Waals surface area contributed by atoms with E-state index in [1.807, 2.05) is 6.92 Å². The highest BCUT2D eigenvalue weighted by molar-refractivity contribution is 5.69. The SMILES string of the molecule is CCCCCCC/C=C\C/C=C\CCCCCCCCCCCCCC(=O)OC(C)CCCC(=O)O. The molecule has 1 N–H and O–H groups in total. The van der Waals surface area contributed by atoms with E-state index in [-0.39, 0.29) is 18.5 Å². The Morgan fingerprint density at radius 2 is 1.11 bits per heavy atom. The Kier molecular flexibility index (Phi) is 26.8. The summed E-state index contributed by atoms with van der Waals surface area (Å²) in [5, 5.41) is 8.64. The Morgan fingerprint density at radius 3 is 1.61 bits per heavy atom. The lowest BCUT2D eigenvalue weighted by molar-refractivity contribution is -0.148. The molecule has 1 unspecified atom stereocenters. The van der Waals surface area contributed by atoms with Crippen LogP contribution in [0.4, 0.5) is 0 Å². The van der Waals surface area contributed by atoms with Crippen LogP contribution in [0.2, 0.25) is 0 Å². The van der Waals surface area contributed by atoms with Crippen LogP contribution in [0.15, 0.2) is 24.3 Å². The first-order chi connectivity index (χ1) is 17.6. The number of carboxylic acid groups (broad SMARTS) is 1. The van der Waals surface area contributed by atoms with E-state index < -0.39 is 5.97 Å². The van der Waals surface area contributed by atoms with Gasteiger partial charge in [-0.1, -0.05) is 115 Å². The maximum Gasteiger partial charge on any atom is 0.306 e. The van der Waals surface area contributed by atoms with Crippen LogP contribution in [0.1, 0.15) is 162 Å². The van der Waals surface area contributed by atoms with Crippen molar-refractivity contribution in [3.8, 4) is 0 Å². The molecule has 4 heteroatoms. The van der Waals surface area contributed by atoms with Crippen molar-refractivity contribution in [2.24, 2.45) is 0 Å². The summed E-state index contributed by atoms with van der Waals surface area (Å²) in [7, 11) is 0. The highest BCUT2D eigenvalue weighted by Crippen LogP contribution is 2.14. The Bertz CT molecular complexity index is 552. The summed E-state index contributed by atoms with van der Waals surface area (Å²) in [5.41, 5.74) is 0. The zero-order valence-electron chi connectivity index (χ0n) is 23.8. The van der Waals surface area contributed by atoms with Crippen molar-refractivity contribution in [1.29, 1.82) is 0 Å². The number of allylic oxidation sites excluding steroid dienone is 4. The molecule has 1 atom stereocenters. The Balaban J connectivity index is 3.29. The predicted molar refractivity (Wildman–Crippen MR) is 153 cm³/mol. The minimum absolute atomic E-state index is 0.136. The van der Waals surface area contributed by atoms with Gasteiger partial charge >= 0.3 is 11.9 Å². The fourth-order valence-electron chi connectivity index (χ4n) is 4.38. The maximum atomic E-state index is 11.8. The second kappa shape index (κ2) is 28.0. The van der Waals surface area contributed by atoms with Crippen LogP contribution in [-0.2, 0) is 14.3 Å². The van der Waals surface area contributed by atoms with Gasteiger partial charge in [-0.3, -0.25) is 9.59 Å². The zero-order valence-corrected chi connectivity index (χ0v) is 23.8. The van der Waals surface area contributed by atoms with Crippen molar-refractivity contribution < 1.29 is 19.4 Å². The third-order valence-electron chi connectivity index (χ3n) is 6.67. The van der Waals surface area contributed by atoms with E-state index >= 15 is 0 Å². The summed E-state index contributed by atoms with van der Waals surface area (Å²) in [6.07, 6.45) is 35.2. The quantitative estimate of drug-likeness (QED) is 0.0683. The van der Waals surface area contributed by atoms with Gasteiger partial charge in [0.1, 0.15) is 0 Å². The molecule has 0 saturated carbocycles. The fraction of sp³-hybridized carbons (Fsp3) is 0.812. The van der Waals surface area contributed by atoms with Crippen LogP contribution in [0.5, 0.6) is 0 Å². The standard InChI is InChI=1S/C32H58O4/c1-3-4-5-6-7-8-9-10-11-12-13-14-15-16-17-18-19-20-21-22-23-24-25-29-32(35)36-30(2)27-26-28-31(33)34/h9-10,12-13,30H,3-8,11,14-29H2,1-2H3,(H,33,34)/b10-9-,13-12-. The lowest BCUT2D eigenvalue weighted by atomic mass is 10.0. The maximum absolute atomic E-state index is 11.8. The summed E-state index contributed by atoms with van der Waals surface area (Å²) in [6.45, 7) is 4.11. The monoisotopic (exact) mass is 506 g/mol. The molecule has 210 valence electrons. The van der Waals surface area contributed by atoms with E-state index in [4.69, 9.17) is 9.84 Å². The van der Waals surface area contributed by atoms with Gasteiger partial charge in [0.25, 0.3) is 0 Å². The lowest BCUT2D eigenvalue weighted by Crippen LogP contribution is -2.15. The van der Waals surface area contributed by atoms with Crippen LogP contribution in [0, 0.1) is 0 Å². The molecule has 0 spiro atoms. The zero-order chi connectivity index (χ0) is 26.5. The molecule has 0 aliphatic heterocycles. The third-order valence-corrected chi connectivity index (χ3v) is 6.67. The molecular formula is C32H58O4. The number of hydrogen-bond acceptors (Lipinski definition) is 3. The van der Waals surface area contributed by atoms with Gasteiger partial charge in [-0.2, -0.15) is 0 Å². The van der Waals surface area contributed by atoms with Crippen LogP contribution in [0.3, 0.4) is 0 Å². The van der Waals surface area contributed by atoms with E-state index in [1.165, 1.54) is 103 Å². The number of carbonyl (C=O) groups is 2. The topological polar surface area (TPSA) is 63.6 Å². The van der Waals surface area contributed by atoms with Gasteiger partial charge < -0.3 is 9.84 Å². The van der Waals surface area contributed by atoms with E-state index in [0.717, 1.165) is 19.3 Å². The minimum atomic E-state index is -0.797. The van der Waals surface area contributed by atoms with Gasteiger partial charge in [-0.25, -0.2) is 0 Å². The molecule has 0 amide bonds. The van der Waals surface area contributed by atoms with Gasteiger partial charge in [0, 0.05) is 12.8 Å². The minimum Gasteiger partial charge on any atom is -0.481 e. The predicted octanol–water partition coefficient (Wildman–Crippen LogP) is 10.1. The largest absolute Gasteiger partial charge is 0.481 e. The Labute approximate surface area is 223 Å². The van der Waals surface area contributed by atoms with Crippen molar-refractivity contribution in [3.63, 3.8) is 0 Å². The first-order valence-corrected chi connectivity index (χ1v) is 15.3. The molecule has 0 fully saturated rings. The summed E-state index contributed by atoms with van der Waals surface area (Å²) in [6, 6.07) is 0. The van der Waals surface area contributed by atoms with Crippen molar-refractivity contribution in [3.05, 3.63) is 24.3 Å². The molecule has 0 bridgehead atoms. The first kappa shape index (κ1) is 34.4. The summed E-state index contributed by atoms with van der Waals surface area (Å²) in [4.78, 5) is 22.3. The van der Waals surface area contributed by atoms with Crippen molar-refractivity contribution in [2.45, 2.75) is 168 Å². The molecule has 4 nitrogen and oxygen atoms in total. The van der Waals surface area contributed by atoms with Crippen LogP contribution in [0.25, 0.3) is 0 Å². The average Bonchev–Trinajstić information content (AvgIpc) is 2.84. The number of esters is 1. The third kappa shape index (κ3) is 28.7. The van der Waals surface area contributed by atoms with E-state index in [0.29, 0.717) is 19.3 Å². The lowest BCUT2D eigenvalue weighted by Gasteiger charge is -2.12. The van der Waals surface area contributed by atoms with Gasteiger partial charge in [-0.15, -0.1) is 0 Å². The first-order valence-electron chi connectivity index (χ1n) is 15.3. The molecule has 0 aliphatic rings. The summed E-state index contributed by atoms with van der Waals surface area (Å²) < 4.78 is 5.34. The second-order valence-corrected chi connectivity index (χ2v) is 10.4. The van der Waals surface area contributed by atoms with Gasteiger partial charge in [-0.05, 0) is 58.3 Å². The smallest absolute Gasteiger partial charge is 0.306 e. The van der Waals surface area contributed by atoms with E-state index in [1.54, 1.807) is 0 Å². The molecule has 0 aromatic carbocycles. The molecule has 0 radical (unpaired) electrons. The van der Waals surface area contributed by atoms with E-state index in [2.05, 4.69) is 31.2 Å². The molecule has 0 aliphatic carbocycles. The summed E-state index contributed by atoms with van der Waals surface area (Å²) in [5.74, 6) is -0.942. The molecule has 36 heavy (non-hydrogen) atoms. The van der Waals surface area contributed by atoms with Crippen molar-refractivity contribution >= 4 is 11.9 Å². The molecule has 0 aromatic rings. The van der Waals surface area contributed by atoms with Crippen LogP contribution >= 0.6 is 0 Å². The molecule has 0 aromatic heterocycles. The highest BCUT2D eigenvalue weighted by Gasteiger charge is 2.10. The van der Waals surface area contributed by atoms with Crippen molar-refractivity contribution in [1.82, 2.24) is 0 Å². The van der Waals surface area contributed by atoms with Crippen LogP contribution in [-0.4, -0.2) is 23.1 Å². The van der Waals surface area contributed by atoms with Crippen molar-refractivity contribution in [2.75, 3.05) is 0 Å². The number of aliphatic carboxylic acids is 1.